The van der Waals surface area contributed by atoms with Crippen LogP contribution >= 0.6 is 11.8 Å². The molecule has 0 unspecified atom stereocenters. The summed E-state index contributed by atoms with van der Waals surface area (Å²) in [6, 6.07) is 19.4. The first-order valence-corrected chi connectivity index (χ1v) is 12.6. The Labute approximate surface area is 185 Å². The molecule has 1 aliphatic rings. The van der Waals surface area contributed by atoms with Gasteiger partial charge in [0.1, 0.15) is 11.4 Å². The largest absolute Gasteiger partial charge is 0.349 e. The molecule has 0 aliphatic carbocycles. The number of carbonyl (C=O) groups excluding carboxylic acids is 1. The van der Waals surface area contributed by atoms with Crippen molar-refractivity contribution < 1.29 is 13.2 Å². The molecule has 2 aromatic carbocycles. The average Bonchev–Trinajstić information content (AvgIpc) is 3.05. The zero-order valence-electron chi connectivity index (χ0n) is 17.0. The van der Waals surface area contributed by atoms with E-state index in [0.717, 1.165) is 11.1 Å². The number of nitrogens with zero attached hydrogens (tertiary/aromatic N) is 3. The number of aromatic nitrogens is 3. The third-order valence-electron chi connectivity index (χ3n) is 5.04. The van der Waals surface area contributed by atoms with Crippen molar-refractivity contribution in [2.24, 2.45) is 0 Å². The number of sulfone groups is 1. The minimum atomic E-state index is -3.09. The number of carbonyl (C=O) groups is 1. The van der Waals surface area contributed by atoms with Crippen molar-refractivity contribution in [3.8, 4) is 22.5 Å². The van der Waals surface area contributed by atoms with Crippen LogP contribution in [-0.2, 0) is 14.6 Å². The first-order chi connectivity index (χ1) is 14.8. The predicted octanol–water partition coefficient (Wildman–Crippen LogP) is 2.99. The van der Waals surface area contributed by atoms with E-state index in [1.165, 1.54) is 11.8 Å². The van der Waals surface area contributed by atoms with Crippen molar-refractivity contribution in [2.45, 2.75) is 24.0 Å². The topological polar surface area (TPSA) is 102 Å². The van der Waals surface area contributed by atoms with Crippen molar-refractivity contribution in [1.29, 1.82) is 0 Å². The van der Waals surface area contributed by atoms with Crippen LogP contribution in [0.15, 0.2) is 65.8 Å². The predicted molar refractivity (Wildman–Crippen MR) is 121 cm³/mol. The van der Waals surface area contributed by atoms with Gasteiger partial charge in [-0.15, -0.1) is 10.2 Å². The first kappa shape index (κ1) is 21.5. The molecule has 1 saturated heterocycles. The highest BCUT2D eigenvalue weighted by molar-refractivity contribution is 7.99. The molecule has 0 spiro atoms. The molecule has 3 aromatic rings. The van der Waals surface area contributed by atoms with Gasteiger partial charge in [-0.05, 0) is 13.3 Å². The maximum Gasteiger partial charge on any atom is 0.230 e. The zero-order chi connectivity index (χ0) is 21.9. The Morgan fingerprint density at radius 1 is 1.00 bits per heavy atom. The van der Waals surface area contributed by atoms with Crippen molar-refractivity contribution in [3.63, 3.8) is 0 Å². The van der Waals surface area contributed by atoms with E-state index in [0.29, 0.717) is 23.0 Å². The minimum absolute atomic E-state index is 0.0294. The van der Waals surface area contributed by atoms with Gasteiger partial charge in [0.05, 0.1) is 22.8 Å². The lowest BCUT2D eigenvalue weighted by Crippen LogP contribution is -2.47. The summed E-state index contributed by atoms with van der Waals surface area (Å²) < 4.78 is 23.5. The highest BCUT2D eigenvalue weighted by Crippen LogP contribution is 2.30. The van der Waals surface area contributed by atoms with Gasteiger partial charge in [0.15, 0.2) is 9.84 Å². The highest BCUT2D eigenvalue weighted by Gasteiger charge is 2.39. The maximum absolute atomic E-state index is 12.4. The average molecular weight is 455 g/mol. The molecule has 0 radical (unpaired) electrons. The zero-order valence-corrected chi connectivity index (χ0v) is 18.6. The standard InChI is InChI=1S/C22H22N4O3S2/c1-22(12-13-31(28,29)15-22)24-18(27)14-30-21-23-19(16-8-4-2-5-9-16)20(25-26-21)17-10-6-3-7-11-17/h2-11H,12-15H2,1H3,(H,24,27)/t22-/m1/s1. The third kappa shape index (κ3) is 5.29. The molecular formula is C22H22N4O3S2. The monoisotopic (exact) mass is 454 g/mol. The number of benzene rings is 2. The molecule has 0 bridgehead atoms. The Morgan fingerprint density at radius 3 is 2.19 bits per heavy atom. The summed E-state index contributed by atoms with van der Waals surface area (Å²) in [5.41, 5.74) is 2.46. The molecular weight excluding hydrogens is 432 g/mol. The van der Waals surface area contributed by atoms with Gasteiger partial charge in [0, 0.05) is 11.1 Å². The minimum Gasteiger partial charge on any atom is -0.349 e. The van der Waals surface area contributed by atoms with E-state index in [4.69, 9.17) is 0 Å². The van der Waals surface area contributed by atoms with E-state index >= 15 is 0 Å². The van der Waals surface area contributed by atoms with Gasteiger partial charge in [-0.1, -0.05) is 72.4 Å². The summed E-state index contributed by atoms with van der Waals surface area (Å²) in [6.45, 7) is 1.76. The Hall–Kier alpha value is -2.78. The normalized spacial score (nSPS) is 19.8. The summed E-state index contributed by atoms with van der Waals surface area (Å²) in [5.74, 6) is -0.0958. The van der Waals surface area contributed by atoms with Gasteiger partial charge in [-0.2, -0.15) is 0 Å². The molecule has 1 amide bonds. The lowest BCUT2D eigenvalue weighted by molar-refractivity contribution is -0.120. The Balaban J connectivity index is 1.52. The molecule has 31 heavy (non-hydrogen) atoms. The van der Waals surface area contributed by atoms with E-state index in [9.17, 15) is 13.2 Å². The van der Waals surface area contributed by atoms with Crippen LogP contribution in [-0.4, -0.2) is 52.3 Å². The summed E-state index contributed by atoms with van der Waals surface area (Å²) >= 11 is 1.18. The second-order valence-electron chi connectivity index (χ2n) is 7.76. The number of amides is 1. The number of rotatable bonds is 6. The third-order valence-corrected chi connectivity index (χ3v) is 7.78. The summed E-state index contributed by atoms with van der Waals surface area (Å²) in [6.07, 6.45) is 0.424. The summed E-state index contributed by atoms with van der Waals surface area (Å²) in [7, 11) is -3.09. The van der Waals surface area contributed by atoms with Crippen LogP contribution in [0.2, 0.25) is 0 Å². The molecule has 0 saturated carbocycles. The first-order valence-electron chi connectivity index (χ1n) is 9.83. The fourth-order valence-corrected chi connectivity index (χ4v) is 6.25. The lowest BCUT2D eigenvalue weighted by atomic mass is 10.0. The molecule has 1 aliphatic heterocycles. The fraction of sp³-hybridized carbons (Fsp3) is 0.273. The molecule has 160 valence electrons. The van der Waals surface area contributed by atoms with Crippen LogP contribution in [0.4, 0.5) is 0 Å². The molecule has 7 nitrogen and oxygen atoms in total. The van der Waals surface area contributed by atoms with Crippen molar-refractivity contribution in [3.05, 3.63) is 60.7 Å². The van der Waals surface area contributed by atoms with Crippen molar-refractivity contribution >= 4 is 27.5 Å². The second kappa shape index (κ2) is 8.76. The van der Waals surface area contributed by atoms with Gasteiger partial charge < -0.3 is 5.32 Å². The van der Waals surface area contributed by atoms with Gasteiger partial charge in [-0.3, -0.25) is 4.79 Å². The lowest BCUT2D eigenvalue weighted by Gasteiger charge is -2.23. The summed E-state index contributed by atoms with van der Waals surface area (Å²) in [4.78, 5) is 17.1. The molecule has 1 aromatic heterocycles. The molecule has 9 heteroatoms. The van der Waals surface area contributed by atoms with Crippen LogP contribution in [0.1, 0.15) is 13.3 Å². The smallest absolute Gasteiger partial charge is 0.230 e. The van der Waals surface area contributed by atoms with Crippen molar-refractivity contribution in [2.75, 3.05) is 17.3 Å². The van der Waals surface area contributed by atoms with E-state index in [1.807, 2.05) is 60.7 Å². The molecule has 1 atom stereocenters. The fourth-order valence-electron chi connectivity index (χ4n) is 3.57. The highest BCUT2D eigenvalue weighted by atomic mass is 32.2. The van der Waals surface area contributed by atoms with E-state index in [2.05, 4.69) is 20.5 Å². The van der Waals surface area contributed by atoms with Crippen LogP contribution < -0.4 is 5.32 Å². The Kier molecular flexibility index (Phi) is 6.06. The molecule has 2 heterocycles. The van der Waals surface area contributed by atoms with Crippen LogP contribution in [0.25, 0.3) is 22.5 Å². The van der Waals surface area contributed by atoms with Crippen molar-refractivity contribution in [1.82, 2.24) is 20.5 Å². The number of hydrogen-bond donors (Lipinski definition) is 1. The molecule has 1 N–H and O–H groups in total. The van der Waals surface area contributed by atoms with E-state index < -0.39 is 15.4 Å². The van der Waals surface area contributed by atoms with Gasteiger partial charge in [0.25, 0.3) is 0 Å². The molecule has 4 rings (SSSR count). The van der Waals surface area contributed by atoms with Gasteiger partial charge in [-0.25, -0.2) is 13.4 Å². The van der Waals surface area contributed by atoms with Gasteiger partial charge >= 0.3 is 0 Å². The SMILES string of the molecule is C[C@@]1(NC(=O)CSc2nnc(-c3ccccc3)c(-c3ccccc3)n2)CCS(=O)(=O)C1. The summed E-state index contributed by atoms with van der Waals surface area (Å²) in [5, 5.41) is 11.8. The molecule has 1 fully saturated rings. The number of nitrogens with one attached hydrogen (secondary N) is 1. The second-order valence-corrected chi connectivity index (χ2v) is 10.9. The Bertz CT molecular complexity index is 1190. The number of hydrogen-bond acceptors (Lipinski definition) is 7. The van der Waals surface area contributed by atoms with E-state index in [1.54, 1.807) is 6.92 Å². The van der Waals surface area contributed by atoms with Crippen LogP contribution in [0, 0.1) is 0 Å². The number of thioether (sulfide) groups is 1. The Morgan fingerprint density at radius 2 is 1.61 bits per heavy atom. The maximum atomic E-state index is 12.4. The quantitative estimate of drug-likeness (QED) is 0.571. The van der Waals surface area contributed by atoms with Crippen LogP contribution in [0.3, 0.4) is 0 Å². The van der Waals surface area contributed by atoms with E-state index in [-0.39, 0.29) is 23.2 Å². The van der Waals surface area contributed by atoms with Crippen LogP contribution in [0.5, 0.6) is 0 Å². The van der Waals surface area contributed by atoms with Gasteiger partial charge in [0.2, 0.25) is 11.1 Å².